The summed E-state index contributed by atoms with van der Waals surface area (Å²) in [6, 6.07) is 6.79. The van der Waals surface area contributed by atoms with Crippen LogP contribution in [0.15, 0.2) is 24.4 Å². The molecule has 1 aromatic rings. The van der Waals surface area contributed by atoms with Crippen LogP contribution in [0, 0.1) is 5.92 Å². The van der Waals surface area contributed by atoms with E-state index in [1.807, 2.05) is 12.3 Å². The number of aromatic nitrogens is 1. The molecule has 0 amide bonds. The van der Waals surface area contributed by atoms with Crippen LogP contribution in [0.25, 0.3) is 0 Å². The normalized spacial score (nSPS) is 18.1. The zero-order valence-electron chi connectivity index (χ0n) is 12.3. The first kappa shape index (κ1) is 14.5. The lowest BCUT2D eigenvalue weighted by molar-refractivity contribution is 0.235. The molecule has 1 heterocycles. The summed E-state index contributed by atoms with van der Waals surface area (Å²) in [6.07, 6.45) is 7.50. The second kappa shape index (κ2) is 7.61. The molecule has 2 rings (SSSR count). The van der Waals surface area contributed by atoms with Gasteiger partial charge in [0.1, 0.15) is 0 Å². The predicted molar refractivity (Wildman–Crippen MR) is 80.0 cm³/mol. The van der Waals surface area contributed by atoms with Gasteiger partial charge in [0, 0.05) is 25.3 Å². The zero-order chi connectivity index (χ0) is 13.5. The first-order valence-corrected chi connectivity index (χ1v) is 7.61. The van der Waals surface area contributed by atoms with E-state index < -0.39 is 0 Å². The monoisotopic (exact) mass is 261 g/mol. The van der Waals surface area contributed by atoms with Crippen LogP contribution in [-0.4, -0.2) is 36.1 Å². The summed E-state index contributed by atoms with van der Waals surface area (Å²) >= 11 is 0. The molecule has 1 saturated carbocycles. The third-order valence-electron chi connectivity index (χ3n) is 4.10. The Balaban J connectivity index is 1.85. The topological polar surface area (TPSA) is 28.2 Å². The highest BCUT2D eigenvalue weighted by Gasteiger charge is 2.25. The van der Waals surface area contributed by atoms with Crippen molar-refractivity contribution in [3.63, 3.8) is 0 Å². The smallest absolute Gasteiger partial charge is 0.0543 e. The first-order chi connectivity index (χ1) is 9.29. The Hall–Kier alpha value is -0.930. The molecule has 1 fully saturated rings. The summed E-state index contributed by atoms with van der Waals surface area (Å²) < 4.78 is 0. The molecule has 0 aromatic carbocycles. The van der Waals surface area contributed by atoms with E-state index in [4.69, 9.17) is 0 Å². The Labute approximate surface area is 117 Å². The van der Waals surface area contributed by atoms with Crippen molar-refractivity contribution >= 4 is 0 Å². The van der Waals surface area contributed by atoms with Gasteiger partial charge in [-0.05, 0) is 44.5 Å². The van der Waals surface area contributed by atoms with E-state index >= 15 is 0 Å². The fourth-order valence-corrected chi connectivity index (χ4v) is 3.17. The van der Waals surface area contributed by atoms with E-state index in [1.54, 1.807) is 0 Å². The lowest BCUT2D eigenvalue weighted by atomic mass is 9.97. The van der Waals surface area contributed by atoms with Crippen LogP contribution in [0.2, 0.25) is 0 Å². The average Bonchev–Trinajstić information content (AvgIpc) is 2.93. The maximum atomic E-state index is 4.41. The molecular formula is C16H27N3. The Kier molecular flexibility index (Phi) is 5.80. The second-order valence-corrected chi connectivity index (χ2v) is 5.73. The number of hydrogen-bond donors (Lipinski definition) is 1. The number of likely N-dealkylation sites (N-methyl/N-ethyl adjacent to an activating group) is 2. The Morgan fingerprint density at radius 2 is 2.16 bits per heavy atom. The molecule has 1 aromatic heterocycles. The quantitative estimate of drug-likeness (QED) is 0.818. The van der Waals surface area contributed by atoms with Crippen molar-refractivity contribution in [1.29, 1.82) is 0 Å². The van der Waals surface area contributed by atoms with Crippen molar-refractivity contribution in [2.75, 3.05) is 20.1 Å². The van der Waals surface area contributed by atoms with Gasteiger partial charge in [-0.2, -0.15) is 0 Å². The van der Waals surface area contributed by atoms with Crippen molar-refractivity contribution in [1.82, 2.24) is 15.2 Å². The second-order valence-electron chi connectivity index (χ2n) is 5.73. The summed E-state index contributed by atoms with van der Waals surface area (Å²) in [4.78, 5) is 6.80. The highest BCUT2D eigenvalue weighted by Crippen LogP contribution is 2.28. The highest BCUT2D eigenvalue weighted by atomic mass is 15.1. The molecule has 3 nitrogen and oxygen atoms in total. The summed E-state index contributed by atoms with van der Waals surface area (Å²) in [5.41, 5.74) is 1.16. The molecular weight excluding hydrogens is 234 g/mol. The largest absolute Gasteiger partial charge is 0.313 e. The molecule has 1 N–H and O–H groups in total. The van der Waals surface area contributed by atoms with Gasteiger partial charge in [0.2, 0.25) is 0 Å². The molecule has 1 atom stereocenters. The van der Waals surface area contributed by atoms with Crippen LogP contribution in [0.4, 0.5) is 0 Å². The molecule has 0 saturated heterocycles. The molecule has 19 heavy (non-hydrogen) atoms. The van der Waals surface area contributed by atoms with Crippen LogP contribution in [0.1, 0.15) is 38.3 Å². The maximum Gasteiger partial charge on any atom is 0.0543 e. The SMILES string of the molecule is CCNC(CN(C)Cc1ccccn1)C1CCCC1. The predicted octanol–water partition coefficient (Wildman–Crippen LogP) is 2.68. The number of pyridine rings is 1. The van der Waals surface area contributed by atoms with Crippen molar-refractivity contribution in [3.05, 3.63) is 30.1 Å². The van der Waals surface area contributed by atoms with Crippen LogP contribution in [0.3, 0.4) is 0 Å². The van der Waals surface area contributed by atoms with Crippen LogP contribution < -0.4 is 5.32 Å². The molecule has 1 aliphatic carbocycles. The van der Waals surface area contributed by atoms with E-state index in [0.717, 1.165) is 31.2 Å². The van der Waals surface area contributed by atoms with Gasteiger partial charge in [0.15, 0.2) is 0 Å². The Morgan fingerprint density at radius 3 is 2.79 bits per heavy atom. The van der Waals surface area contributed by atoms with Gasteiger partial charge < -0.3 is 5.32 Å². The number of nitrogens with one attached hydrogen (secondary N) is 1. The summed E-state index contributed by atoms with van der Waals surface area (Å²) in [6.45, 7) is 5.34. The number of nitrogens with zero attached hydrogens (tertiary/aromatic N) is 2. The molecule has 0 aliphatic heterocycles. The van der Waals surface area contributed by atoms with E-state index in [1.165, 1.54) is 25.7 Å². The van der Waals surface area contributed by atoms with E-state index in [9.17, 15) is 0 Å². The number of rotatable bonds is 7. The summed E-state index contributed by atoms with van der Waals surface area (Å²) in [7, 11) is 2.20. The molecule has 0 bridgehead atoms. The van der Waals surface area contributed by atoms with Crippen molar-refractivity contribution in [3.8, 4) is 0 Å². The molecule has 3 heteroatoms. The summed E-state index contributed by atoms with van der Waals surface area (Å²) in [5, 5.41) is 3.68. The molecule has 106 valence electrons. The third kappa shape index (κ3) is 4.59. The van der Waals surface area contributed by atoms with Crippen LogP contribution >= 0.6 is 0 Å². The first-order valence-electron chi connectivity index (χ1n) is 7.61. The van der Waals surface area contributed by atoms with Crippen molar-refractivity contribution in [2.45, 2.75) is 45.2 Å². The van der Waals surface area contributed by atoms with Gasteiger partial charge in [-0.25, -0.2) is 0 Å². The van der Waals surface area contributed by atoms with Crippen LogP contribution in [-0.2, 0) is 6.54 Å². The van der Waals surface area contributed by atoms with Crippen molar-refractivity contribution < 1.29 is 0 Å². The fraction of sp³-hybridized carbons (Fsp3) is 0.688. The zero-order valence-corrected chi connectivity index (χ0v) is 12.3. The van der Waals surface area contributed by atoms with E-state index in [0.29, 0.717) is 6.04 Å². The average molecular weight is 261 g/mol. The van der Waals surface area contributed by atoms with E-state index in [-0.39, 0.29) is 0 Å². The van der Waals surface area contributed by atoms with Gasteiger partial charge in [0.05, 0.1) is 5.69 Å². The number of hydrogen-bond acceptors (Lipinski definition) is 3. The minimum absolute atomic E-state index is 0.640. The lowest BCUT2D eigenvalue weighted by Gasteiger charge is -2.29. The molecule has 1 unspecified atom stereocenters. The van der Waals surface area contributed by atoms with E-state index in [2.05, 4.69) is 41.3 Å². The minimum atomic E-state index is 0.640. The van der Waals surface area contributed by atoms with Gasteiger partial charge >= 0.3 is 0 Å². The van der Waals surface area contributed by atoms with Gasteiger partial charge in [-0.15, -0.1) is 0 Å². The maximum absolute atomic E-state index is 4.41. The molecule has 0 radical (unpaired) electrons. The Morgan fingerprint density at radius 1 is 1.37 bits per heavy atom. The van der Waals surface area contributed by atoms with Gasteiger partial charge in [-0.3, -0.25) is 9.88 Å². The molecule has 0 spiro atoms. The van der Waals surface area contributed by atoms with Gasteiger partial charge in [-0.1, -0.05) is 25.8 Å². The highest BCUT2D eigenvalue weighted by molar-refractivity contribution is 5.03. The third-order valence-corrected chi connectivity index (χ3v) is 4.10. The lowest BCUT2D eigenvalue weighted by Crippen LogP contribution is -2.43. The standard InChI is InChI=1S/C16H27N3/c1-3-17-16(14-8-4-5-9-14)13-19(2)12-15-10-6-7-11-18-15/h6-7,10-11,14,16-17H,3-5,8-9,12-13H2,1-2H3. The minimum Gasteiger partial charge on any atom is -0.313 e. The summed E-state index contributed by atoms with van der Waals surface area (Å²) in [5.74, 6) is 0.867. The van der Waals surface area contributed by atoms with Crippen LogP contribution in [0.5, 0.6) is 0 Å². The van der Waals surface area contributed by atoms with Crippen molar-refractivity contribution in [2.24, 2.45) is 5.92 Å². The van der Waals surface area contributed by atoms with Gasteiger partial charge in [0.25, 0.3) is 0 Å². The fourth-order valence-electron chi connectivity index (χ4n) is 3.17. The Bertz CT molecular complexity index is 346. The molecule has 1 aliphatic rings.